The lowest BCUT2D eigenvalue weighted by Gasteiger charge is -2.17. The van der Waals surface area contributed by atoms with Gasteiger partial charge >= 0.3 is 0 Å². The van der Waals surface area contributed by atoms with Crippen molar-refractivity contribution in [3.05, 3.63) is 17.5 Å². The van der Waals surface area contributed by atoms with Crippen molar-refractivity contribution in [3.63, 3.8) is 0 Å². The number of hydrogen-bond acceptors (Lipinski definition) is 3. The van der Waals surface area contributed by atoms with Crippen molar-refractivity contribution in [1.29, 1.82) is 0 Å². The highest BCUT2D eigenvalue weighted by molar-refractivity contribution is 5.95. The molecule has 1 amide bonds. The van der Waals surface area contributed by atoms with Crippen LogP contribution in [-0.4, -0.2) is 47.8 Å². The summed E-state index contributed by atoms with van der Waals surface area (Å²) < 4.78 is 1.84. The summed E-state index contributed by atoms with van der Waals surface area (Å²) in [6.45, 7) is 1.52. The lowest BCUT2D eigenvalue weighted by atomic mass is 10.1. The molecule has 1 aliphatic rings. The van der Waals surface area contributed by atoms with E-state index < -0.39 is 0 Å². The zero-order valence-corrected chi connectivity index (χ0v) is 10.7. The molecule has 1 aliphatic carbocycles. The SMILES string of the molecule is CNCCN(C)C(=O)c1cnn(C)c1C1CC1. The van der Waals surface area contributed by atoms with Gasteiger partial charge in [-0.25, -0.2) is 0 Å². The fraction of sp³-hybridized carbons (Fsp3) is 0.667. The van der Waals surface area contributed by atoms with Crippen molar-refractivity contribution in [2.75, 3.05) is 27.2 Å². The summed E-state index contributed by atoms with van der Waals surface area (Å²) in [5.74, 6) is 0.620. The summed E-state index contributed by atoms with van der Waals surface area (Å²) in [7, 11) is 5.64. The molecule has 0 unspecified atom stereocenters. The predicted octanol–water partition coefficient (Wildman–Crippen LogP) is 0.589. The average molecular weight is 236 g/mol. The van der Waals surface area contributed by atoms with E-state index in [1.165, 1.54) is 12.8 Å². The lowest BCUT2D eigenvalue weighted by Crippen LogP contribution is -2.33. The molecule has 0 spiro atoms. The number of carbonyl (C=O) groups excluding carboxylic acids is 1. The van der Waals surface area contributed by atoms with Gasteiger partial charge in [-0.1, -0.05) is 0 Å². The molecule has 1 fully saturated rings. The quantitative estimate of drug-likeness (QED) is 0.814. The van der Waals surface area contributed by atoms with Gasteiger partial charge in [0.2, 0.25) is 0 Å². The van der Waals surface area contributed by atoms with Gasteiger partial charge < -0.3 is 10.2 Å². The van der Waals surface area contributed by atoms with Gasteiger partial charge in [-0.3, -0.25) is 9.48 Å². The van der Waals surface area contributed by atoms with Crippen molar-refractivity contribution in [2.45, 2.75) is 18.8 Å². The predicted molar refractivity (Wildman–Crippen MR) is 66.1 cm³/mol. The fourth-order valence-corrected chi connectivity index (χ4v) is 2.04. The Morgan fingerprint density at radius 2 is 2.35 bits per heavy atom. The second-order valence-corrected chi connectivity index (χ2v) is 4.67. The minimum absolute atomic E-state index is 0.0789. The molecule has 0 bridgehead atoms. The van der Waals surface area contributed by atoms with Crippen LogP contribution >= 0.6 is 0 Å². The zero-order valence-electron chi connectivity index (χ0n) is 10.7. The molecule has 2 rings (SSSR count). The summed E-state index contributed by atoms with van der Waals surface area (Å²) in [6, 6.07) is 0. The summed E-state index contributed by atoms with van der Waals surface area (Å²) in [6.07, 6.45) is 4.06. The van der Waals surface area contributed by atoms with Gasteiger partial charge in [0.05, 0.1) is 17.5 Å². The maximum Gasteiger partial charge on any atom is 0.257 e. The first-order chi connectivity index (χ1) is 8.15. The van der Waals surface area contributed by atoms with Crippen molar-refractivity contribution in [3.8, 4) is 0 Å². The highest BCUT2D eigenvalue weighted by Crippen LogP contribution is 2.41. The van der Waals surface area contributed by atoms with Crippen LogP contribution in [0.3, 0.4) is 0 Å². The topological polar surface area (TPSA) is 50.2 Å². The molecular weight excluding hydrogens is 216 g/mol. The number of aryl methyl sites for hydroxylation is 1. The van der Waals surface area contributed by atoms with Crippen LogP contribution in [0.2, 0.25) is 0 Å². The summed E-state index contributed by atoms with van der Waals surface area (Å²) in [5.41, 5.74) is 1.87. The Labute approximate surface area is 102 Å². The highest BCUT2D eigenvalue weighted by atomic mass is 16.2. The van der Waals surface area contributed by atoms with Crippen molar-refractivity contribution >= 4 is 5.91 Å². The molecule has 0 aromatic carbocycles. The summed E-state index contributed by atoms with van der Waals surface area (Å²) in [4.78, 5) is 14.0. The smallest absolute Gasteiger partial charge is 0.257 e. The molecule has 1 heterocycles. The highest BCUT2D eigenvalue weighted by Gasteiger charge is 2.32. The summed E-state index contributed by atoms with van der Waals surface area (Å²) >= 11 is 0. The minimum atomic E-state index is 0.0789. The maximum atomic E-state index is 12.3. The Balaban J connectivity index is 2.13. The van der Waals surface area contributed by atoms with Crippen LogP contribution < -0.4 is 5.32 Å². The van der Waals surface area contributed by atoms with Crippen molar-refractivity contribution < 1.29 is 4.79 Å². The molecule has 5 heteroatoms. The Hall–Kier alpha value is -1.36. The molecule has 1 N–H and O–H groups in total. The van der Waals surface area contributed by atoms with Crippen LogP contribution in [0, 0.1) is 0 Å². The second-order valence-electron chi connectivity index (χ2n) is 4.67. The maximum absolute atomic E-state index is 12.3. The Morgan fingerprint density at radius 3 is 2.94 bits per heavy atom. The van der Waals surface area contributed by atoms with E-state index in [2.05, 4.69) is 10.4 Å². The molecule has 94 valence electrons. The molecule has 1 saturated carbocycles. The van der Waals surface area contributed by atoms with Gasteiger partial charge in [-0.2, -0.15) is 5.10 Å². The monoisotopic (exact) mass is 236 g/mol. The van der Waals surface area contributed by atoms with Crippen LogP contribution in [0.4, 0.5) is 0 Å². The van der Waals surface area contributed by atoms with E-state index in [9.17, 15) is 4.79 Å². The zero-order chi connectivity index (χ0) is 12.4. The van der Waals surface area contributed by atoms with E-state index in [1.807, 2.05) is 25.8 Å². The number of hydrogen-bond donors (Lipinski definition) is 1. The van der Waals surface area contributed by atoms with Gasteiger partial charge in [0.25, 0.3) is 5.91 Å². The van der Waals surface area contributed by atoms with Crippen molar-refractivity contribution in [1.82, 2.24) is 20.0 Å². The molecular formula is C12H20N4O. The number of amides is 1. The fourth-order valence-electron chi connectivity index (χ4n) is 2.04. The van der Waals surface area contributed by atoms with Crippen molar-refractivity contribution in [2.24, 2.45) is 7.05 Å². The number of aromatic nitrogens is 2. The van der Waals surface area contributed by atoms with Crippen LogP contribution in [-0.2, 0) is 7.05 Å². The molecule has 5 nitrogen and oxygen atoms in total. The third-order valence-electron chi connectivity index (χ3n) is 3.22. The van der Waals surface area contributed by atoms with E-state index in [0.29, 0.717) is 12.5 Å². The van der Waals surface area contributed by atoms with Crippen LogP contribution in [0.15, 0.2) is 6.20 Å². The first kappa shape index (κ1) is 12.1. The first-order valence-corrected chi connectivity index (χ1v) is 6.07. The molecule has 1 aromatic rings. The largest absolute Gasteiger partial charge is 0.340 e. The molecule has 17 heavy (non-hydrogen) atoms. The summed E-state index contributed by atoms with van der Waals surface area (Å²) in [5, 5.41) is 7.26. The number of likely N-dealkylation sites (N-methyl/N-ethyl adjacent to an activating group) is 2. The molecule has 0 saturated heterocycles. The van der Waals surface area contributed by atoms with E-state index in [4.69, 9.17) is 0 Å². The Bertz CT molecular complexity index is 409. The molecule has 1 aromatic heterocycles. The number of nitrogens with one attached hydrogen (secondary N) is 1. The third-order valence-corrected chi connectivity index (χ3v) is 3.22. The van der Waals surface area contributed by atoms with Gasteiger partial charge in [-0.15, -0.1) is 0 Å². The standard InChI is InChI=1S/C12H20N4O/c1-13-6-7-15(2)12(17)10-8-14-16(3)11(10)9-4-5-9/h8-9,13H,4-7H2,1-3H3. The number of nitrogens with zero attached hydrogens (tertiary/aromatic N) is 3. The second kappa shape index (κ2) is 4.87. The Morgan fingerprint density at radius 1 is 1.65 bits per heavy atom. The third kappa shape index (κ3) is 2.49. The molecule has 0 atom stereocenters. The average Bonchev–Trinajstić information content (AvgIpc) is 3.08. The van der Waals surface area contributed by atoms with Crippen LogP contribution in [0.5, 0.6) is 0 Å². The lowest BCUT2D eigenvalue weighted by molar-refractivity contribution is 0.0795. The van der Waals surface area contributed by atoms with Gasteiger partial charge in [0.15, 0.2) is 0 Å². The minimum Gasteiger partial charge on any atom is -0.340 e. The number of rotatable bonds is 5. The normalized spacial score (nSPS) is 15.0. The van der Waals surface area contributed by atoms with Gasteiger partial charge in [0.1, 0.15) is 0 Å². The molecule has 0 radical (unpaired) electrons. The molecule has 0 aliphatic heterocycles. The van der Waals surface area contributed by atoms with E-state index in [1.54, 1.807) is 11.1 Å². The Kier molecular flexibility index (Phi) is 3.47. The first-order valence-electron chi connectivity index (χ1n) is 6.07. The van der Waals surface area contributed by atoms with Gasteiger partial charge in [0, 0.05) is 33.1 Å². The number of carbonyl (C=O) groups is 1. The van der Waals surface area contributed by atoms with E-state index in [0.717, 1.165) is 17.8 Å². The van der Waals surface area contributed by atoms with Crippen LogP contribution in [0.1, 0.15) is 34.8 Å². The van der Waals surface area contributed by atoms with E-state index >= 15 is 0 Å². The van der Waals surface area contributed by atoms with Crippen LogP contribution in [0.25, 0.3) is 0 Å². The van der Waals surface area contributed by atoms with Gasteiger partial charge in [-0.05, 0) is 19.9 Å². The van der Waals surface area contributed by atoms with E-state index in [-0.39, 0.29) is 5.91 Å².